The average Bonchev–Trinajstić information content (AvgIpc) is 4.06. The summed E-state index contributed by atoms with van der Waals surface area (Å²) >= 11 is 6.50. The molecule has 0 radical (unpaired) electrons. The second-order valence-electron chi connectivity index (χ2n) is 17.2. The number of nitrogens with zero attached hydrogens (tertiary/aromatic N) is 4. The summed E-state index contributed by atoms with van der Waals surface area (Å²) in [7, 11) is 4.10. The lowest BCUT2D eigenvalue weighted by Gasteiger charge is -2.43. The van der Waals surface area contributed by atoms with Gasteiger partial charge >= 0.3 is 0 Å². The highest BCUT2D eigenvalue weighted by Crippen LogP contribution is 2.48. The molecule has 4 fully saturated rings. The third-order valence-electron chi connectivity index (χ3n) is 12.1. The Morgan fingerprint density at radius 2 is 1.79 bits per heavy atom. The Morgan fingerprint density at radius 3 is 2.34 bits per heavy atom. The van der Waals surface area contributed by atoms with Crippen LogP contribution in [0.1, 0.15) is 144 Å². The second kappa shape index (κ2) is 21.8. The zero-order chi connectivity index (χ0) is 41.0. The fourth-order valence-corrected chi connectivity index (χ4v) is 8.63. The first-order valence-corrected chi connectivity index (χ1v) is 22.7. The van der Waals surface area contributed by atoms with Gasteiger partial charge in [0.1, 0.15) is 6.29 Å². The lowest BCUT2D eigenvalue weighted by molar-refractivity contribution is -0.104. The maximum Gasteiger partial charge on any atom is 0.146 e. The predicted octanol–water partition coefficient (Wildman–Crippen LogP) is 11.0. The predicted molar refractivity (Wildman–Crippen MR) is 244 cm³/mol. The maximum absolute atomic E-state index is 11.7. The van der Waals surface area contributed by atoms with Gasteiger partial charge in [-0.1, -0.05) is 90.0 Å². The largest absolute Gasteiger partial charge is 0.383 e. The van der Waals surface area contributed by atoms with E-state index in [1.165, 1.54) is 89.4 Å². The quantitative estimate of drug-likeness (QED) is 0.0424. The van der Waals surface area contributed by atoms with E-state index in [2.05, 4.69) is 111 Å². The van der Waals surface area contributed by atoms with Crippen molar-refractivity contribution in [3.8, 4) is 6.07 Å². The minimum absolute atomic E-state index is 0.235. The first-order chi connectivity index (χ1) is 26.9. The van der Waals surface area contributed by atoms with Crippen LogP contribution >= 0.6 is 24.2 Å². The minimum Gasteiger partial charge on any atom is -0.383 e. The normalized spacial score (nSPS) is 18.9. The monoisotopic (exact) mass is 798 g/mol. The molecule has 1 atom stereocenters. The van der Waals surface area contributed by atoms with Crippen molar-refractivity contribution in [1.29, 1.82) is 5.26 Å². The summed E-state index contributed by atoms with van der Waals surface area (Å²) in [6, 6.07) is 14.1. The second-order valence-corrected chi connectivity index (χ2v) is 18.5. The molecular weight excluding hydrogens is 727 g/mol. The third-order valence-corrected chi connectivity index (χ3v) is 12.9. The molecule has 6 nitrogen and oxygen atoms in total. The Kier molecular flexibility index (Phi) is 17.9. The summed E-state index contributed by atoms with van der Waals surface area (Å²) in [5, 5.41) is 9.69. The summed E-state index contributed by atoms with van der Waals surface area (Å²) in [6.07, 6.45) is 12.6. The Labute approximate surface area is 350 Å². The van der Waals surface area contributed by atoms with Gasteiger partial charge in [0.2, 0.25) is 0 Å². The van der Waals surface area contributed by atoms with Crippen molar-refractivity contribution in [2.24, 2.45) is 11.8 Å². The van der Waals surface area contributed by atoms with E-state index in [-0.39, 0.29) is 11.5 Å². The molecule has 1 saturated heterocycles. The van der Waals surface area contributed by atoms with Crippen LogP contribution in [0.4, 0.5) is 0 Å². The number of thiocarbonyl (C=S) groups is 1. The number of nitriles is 1. The van der Waals surface area contributed by atoms with Crippen molar-refractivity contribution in [1.82, 2.24) is 19.4 Å². The Morgan fingerprint density at radius 1 is 1.09 bits per heavy atom. The number of benzene rings is 2. The molecule has 3 saturated carbocycles. The molecule has 4 aliphatic rings. The smallest absolute Gasteiger partial charge is 0.146 e. The maximum atomic E-state index is 11.7. The Hall–Kier alpha value is -2.80. The fourth-order valence-electron chi connectivity index (χ4n) is 8.14. The standard InChI is InChI=1S/C42H57N5OS2.C4H8.C2H6/c1-29(2)36(13-17-43)38-10-8-9-34(37(38)14-18-44-50-28-49)23-46-19-20-47(42(27-46)15-16-42)25-40-30(3)21-35(22-39(40)33-11-12-33)41(24-45(6)7)32(5)31(4)26-48;1-4-2-3-4;1-2/h8-10,21-22,24,26,28-29,33,36,44H,11-16,18-20,23,25,27H2,1-7H3;4H,2-3H2,1H3;1-2H3/b32-31-,41-24+;;. The molecule has 1 heterocycles. The number of aryl methyl sites for hydroxylation is 1. The molecule has 8 heteroatoms. The van der Waals surface area contributed by atoms with E-state index in [4.69, 9.17) is 12.2 Å². The van der Waals surface area contributed by atoms with Gasteiger partial charge in [-0.15, -0.1) is 0 Å². The van der Waals surface area contributed by atoms with Crippen molar-refractivity contribution in [3.63, 3.8) is 0 Å². The number of hydrogen-bond acceptors (Lipinski definition) is 8. The molecule has 1 aliphatic heterocycles. The highest BCUT2D eigenvalue weighted by Gasteiger charge is 2.51. The van der Waals surface area contributed by atoms with Crippen LogP contribution in [-0.2, 0) is 24.3 Å². The van der Waals surface area contributed by atoms with Gasteiger partial charge in [0.25, 0.3) is 0 Å². The minimum atomic E-state index is 0.235. The first kappa shape index (κ1) is 45.9. The molecule has 1 spiro atoms. The molecule has 0 bridgehead atoms. The van der Waals surface area contributed by atoms with Crippen LogP contribution < -0.4 is 4.72 Å². The van der Waals surface area contributed by atoms with Gasteiger partial charge in [-0.2, -0.15) is 5.26 Å². The molecule has 0 aromatic heterocycles. The van der Waals surface area contributed by atoms with E-state index in [1.807, 2.05) is 20.8 Å². The molecular formula is C48H71N5OS2. The van der Waals surface area contributed by atoms with E-state index in [1.54, 1.807) is 4.70 Å². The Bertz CT molecular complexity index is 1730. The van der Waals surface area contributed by atoms with Gasteiger partial charge in [0, 0.05) is 81.8 Å². The van der Waals surface area contributed by atoms with E-state index in [0.717, 1.165) is 74.6 Å². The van der Waals surface area contributed by atoms with Crippen molar-refractivity contribution in [3.05, 3.63) is 86.6 Å². The van der Waals surface area contributed by atoms with Gasteiger partial charge in [0.05, 0.1) is 6.07 Å². The van der Waals surface area contributed by atoms with Gasteiger partial charge in [-0.25, -0.2) is 0 Å². The van der Waals surface area contributed by atoms with Gasteiger partial charge in [0.15, 0.2) is 0 Å². The van der Waals surface area contributed by atoms with Crippen molar-refractivity contribution < 1.29 is 4.79 Å². The van der Waals surface area contributed by atoms with E-state index < -0.39 is 0 Å². The average molecular weight is 798 g/mol. The number of rotatable bonds is 17. The molecule has 306 valence electrons. The number of nitrogens with one attached hydrogen (secondary N) is 1. The molecule has 56 heavy (non-hydrogen) atoms. The SMILES string of the molecule is C/C(C=O)=C(C)/C(=C\N(C)C)c1cc(C)c(CN2CCN(Cc3cccc(C(CC#N)C(C)C)c3CCNSC=S)CC23CC3)c(C2CC2)c1.CC.CC1CC1. The van der Waals surface area contributed by atoms with E-state index in [0.29, 0.717) is 18.3 Å². The van der Waals surface area contributed by atoms with Gasteiger partial charge < -0.3 is 4.90 Å². The molecule has 3 aliphatic carbocycles. The topological polar surface area (TPSA) is 62.6 Å². The van der Waals surface area contributed by atoms with Crippen LogP contribution in [0.15, 0.2) is 47.7 Å². The van der Waals surface area contributed by atoms with Crippen LogP contribution in [0.25, 0.3) is 5.57 Å². The molecule has 6 rings (SSSR count). The number of allylic oxidation sites excluding steroid dienone is 3. The highest BCUT2D eigenvalue weighted by atomic mass is 32.2. The van der Waals surface area contributed by atoms with Crippen molar-refractivity contribution in [2.45, 2.75) is 137 Å². The summed E-state index contributed by atoms with van der Waals surface area (Å²) < 4.78 is 5.07. The first-order valence-electron chi connectivity index (χ1n) is 21.3. The van der Waals surface area contributed by atoms with Crippen LogP contribution in [0.5, 0.6) is 0 Å². The van der Waals surface area contributed by atoms with Crippen LogP contribution in [0.3, 0.4) is 0 Å². The van der Waals surface area contributed by atoms with E-state index >= 15 is 0 Å². The molecule has 1 N–H and O–H groups in total. The van der Waals surface area contributed by atoms with E-state index in [9.17, 15) is 10.1 Å². The Balaban J connectivity index is 0.00000107. The molecule has 1 unspecified atom stereocenters. The highest BCUT2D eigenvalue weighted by molar-refractivity contribution is 8.19. The number of hydrogen-bond donors (Lipinski definition) is 1. The lowest BCUT2D eigenvalue weighted by Crippen LogP contribution is -2.54. The summed E-state index contributed by atoms with van der Waals surface area (Å²) in [5.74, 6) is 2.36. The van der Waals surface area contributed by atoms with Crippen molar-refractivity contribution >= 4 is 40.7 Å². The molecule has 2 aromatic carbocycles. The molecule has 0 amide bonds. The number of carbonyl (C=O) groups is 1. The van der Waals surface area contributed by atoms with Crippen LogP contribution in [-0.4, -0.2) is 71.5 Å². The number of aldehydes is 1. The van der Waals surface area contributed by atoms with Crippen LogP contribution in [0, 0.1) is 30.1 Å². The third kappa shape index (κ3) is 12.6. The summed E-state index contributed by atoms with van der Waals surface area (Å²) in [4.78, 5) is 19.3. The van der Waals surface area contributed by atoms with Crippen LogP contribution in [0.2, 0.25) is 0 Å². The zero-order valence-electron chi connectivity index (χ0n) is 36.3. The summed E-state index contributed by atoms with van der Waals surface area (Å²) in [5.41, 5.74) is 13.0. The number of piperazine rings is 1. The van der Waals surface area contributed by atoms with Gasteiger partial charge in [-0.3, -0.25) is 19.3 Å². The summed E-state index contributed by atoms with van der Waals surface area (Å²) in [6.45, 7) is 23.1. The lowest BCUT2D eigenvalue weighted by atomic mass is 9.81. The molecule has 2 aromatic rings. The zero-order valence-corrected chi connectivity index (χ0v) is 38.0. The fraction of sp³-hybridized carbons (Fsp3) is 0.604. The van der Waals surface area contributed by atoms with Gasteiger partial charge in [-0.05, 0) is 139 Å². The van der Waals surface area contributed by atoms with Crippen molar-refractivity contribution in [2.75, 3.05) is 40.3 Å². The number of carbonyl (C=O) groups excluding carboxylic acids is 1.